The highest BCUT2D eigenvalue weighted by atomic mass is 35.5. The second kappa shape index (κ2) is 11.6. The van der Waals surface area contributed by atoms with E-state index in [0.717, 1.165) is 23.1 Å². The Hall–Kier alpha value is -3.27. The van der Waals surface area contributed by atoms with Gasteiger partial charge in [-0.1, -0.05) is 23.7 Å². The second-order valence-corrected chi connectivity index (χ2v) is 10.4. The van der Waals surface area contributed by atoms with Crippen LogP contribution in [0.4, 0.5) is 17.1 Å². The van der Waals surface area contributed by atoms with Gasteiger partial charge in [0.05, 0.1) is 30.4 Å². The van der Waals surface area contributed by atoms with Gasteiger partial charge in [0.15, 0.2) is 0 Å². The highest BCUT2D eigenvalue weighted by Crippen LogP contribution is 2.33. The standard InChI is InChI=1S/C26H28ClN3O5S/c1-2-35-25-6-4-3-5-24(25)30(36(32,33)23-13-7-20(27)8-14-23)19-26(31)28-21-9-11-22(12-10-21)29-15-17-34-18-16-29/h3-14H,2,15-19H2,1H3,(H,28,31). The molecule has 0 unspecified atom stereocenters. The number of hydrogen-bond acceptors (Lipinski definition) is 6. The Morgan fingerprint density at radius 3 is 2.36 bits per heavy atom. The van der Waals surface area contributed by atoms with Crippen LogP contribution in [0.5, 0.6) is 5.75 Å². The first-order valence-electron chi connectivity index (χ1n) is 11.6. The molecule has 0 aliphatic carbocycles. The Bertz CT molecular complexity index is 1280. The maximum absolute atomic E-state index is 13.6. The minimum Gasteiger partial charge on any atom is -0.492 e. The maximum Gasteiger partial charge on any atom is 0.264 e. The molecule has 190 valence electrons. The van der Waals surface area contributed by atoms with Crippen molar-refractivity contribution in [2.24, 2.45) is 0 Å². The Balaban J connectivity index is 1.58. The fraction of sp³-hybridized carbons (Fsp3) is 0.269. The van der Waals surface area contributed by atoms with Gasteiger partial charge in [-0.3, -0.25) is 9.10 Å². The molecule has 0 atom stereocenters. The van der Waals surface area contributed by atoms with Gasteiger partial charge in [0.25, 0.3) is 10.0 Å². The number of nitrogens with one attached hydrogen (secondary N) is 1. The molecule has 1 aliphatic heterocycles. The second-order valence-electron chi connectivity index (χ2n) is 8.06. The first-order valence-corrected chi connectivity index (χ1v) is 13.4. The first kappa shape index (κ1) is 25.8. The van der Waals surface area contributed by atoms with Crippen LogP contribution in [0, 0.1) is 0 Å². The van der Waals surface area contributed by atoms with Crippen LogP contribution >= 0.6 is 11.6 Å². The fourth-order valence-corrected chi connectivity index (χ4v) is 5.44. The molecule has 10 heteroatoms. The number of carbonyl (C=O) groups is 1. The summed E-state index contributed by atoms with van der Waals surface area (Å²) in [6.45, 7) is 4.68. The number of hydrogen-bond donors (Lipinski definition) is 1. The number of benzene rings is 3. The van der Waals surface area contributed by atoms with Crippen molar-refractivity contribution in [1.82, 2.24) is 0 Å². The Morgan fingerprint density at radius 1 is 1.03 bits per heavy atom. The van der Waals surface area contributed by atoms with E-state index in [0.29, 0.717) is 36.3 Å². The van der Waals surface area contributed by atoms with E-state index in [9.17, 15) is 13.2 Å². The van der Waals surface area contributed by atoms with E-state index >= 15 is 0 Å². The van der Waals surface area contributed by atoms with Crippen molar-refractivity contribution in [3.63, 3.8) is 0 Å². The summed E-state index contributed by atoms with van der Waals surface area (Å²) in [6, 6.07) is 20.0. The predicted octanol–water partition coefficient (Wildman–Crippen LogP) is 4.41. The van der Waals surface area contributed by atoms with E-state index in [4.69, 9.17) is 21.1 Å². The third-order valence-corrected chi connectivity index (χ3v) is 7.68. The quantitative estimate of drug-likeness (QED) is 0.442. The lowest BCUT2D eigenvalue weighted by Gasteiger charge is -2.29. The lowest BCUT2D eigenvalue weighted by molar-refractivity contribution is -0.114. The molecule has 1 aliphatic rings. The smallest absolute Gasteiger partial charge is 0.264 e. The van der Waals surface area contributed by atoms with Crippen LogP contribution in [0.15, 0.2) is 77.7 Å². The zero-order chi connectivity index (χ0) is 25.5. The van der Waals surface area contributed by atoms with E-state index < -0.39 is 22.5 Å². The molecule has 0 spiro atoms. The van der Waals surface area contributed by atoms with Gasteiger partial charge < -0.3 is 19.7 Å². The molecule has 1 heterocycles. The van der Waals surface area contributed by atoms with E-state index in [1.165, 1.54) is 24.3 Å². The largest absolute Gasteiger partial charge is 0.492 e. The minimum atomic E-state index is -4.10. The summed E-state index contributed by atoms with van der Waals surface area (Å²) < 4.78 is 39.4. The lowest BCUT2D eigenvalue weighted by atomic mass is 10.2. The van der Waals surface area contributed by atoms with Crippen LogP contribution in [0.2, 0.25) is 5.02 Å². The van der Waals surface area contributed by atoms with Gasteiger partial charge in [0, 0.05) is 29.5 Å². The summed E-state index contributed by atoms with van der Waals surface area (Å²) in [7, 11) is -4.10. The number of rotatable bonds is 9. The van der Waals surface area contributed by atoms with Crippen molar-refractivity contribution < 1.29 is 22.7 Å². The van der Waals surface area contributed by atoms with E-state index in [2.05, 4.69) is 10.2 Å². The molecular weight excluding hydrogens is 502 g/mol. The van der Waals surface area contributed by atoms with Crippen LogP contribution in [0.3, 0.4) is 0 Å². The zero-order valence-corrected chi connectivity index (χ0v) is 21.5. The number of para-hydroxylation sites is 2. The molecule has 0 saturated carbocycles. The minimum absolute atomic E-state index is 0.0147. The molecule has 3 aromatic carbocycles. The van der Waals surface area contributed by atoms with Crippen molar-refractivity contribution in [2.45, 2.75) is 11.8 Å². The average Bonchev–Trinajstić information content (AvgIpc) is 2.89. The molecule has 1 N–H and O–H groups in total. The Morgan fingerprint density at radius 2 is 1.69 bits per heavy atom. The zero-order valence-electron chi connectivity index (χ0n) is 19.9. The highest BCUT2D eigenvalue weighted by molar-refractivity contribution is 7.92. The van der Waals surface area contributed by atoms with Gasteiger partial charge >= 0.3 is 0 Å². The summed E-state index contributed by atoms with van der Waals surface area (Å²) >= 11 is 5.96. The Labute approximate surface area is 216 Å². The van der Waals surface area contributed by atoms with Crippen LogP contribution in [0.1, 0.15) is 6.92 Å². The van der Waals surface area contributed by atoms with Crippen molar-refractivity contribution in [1.29, 1.82) is 0 Å². The average molecular weight is 530 g/mol. The van der Waals surface area contributed by atoms with E-state index in [1.54, 1.807) is 36.4 Å². The maximum atomic E-state index is 13.6. The van der Waals surface area contributed by atoms with Gasteiger partial charge in [0.1, 0.15) is 12.3 Å². The molecule has 1 amide bonds. The number of morpholine rings is 1. The molecular formula is C26H28ClN3O5S. The van der Waals surface area contributed by atoms with E-state index in [1.807, 2.05) is 19.1 Å². The van der Waals surface area contributed by atoms with Crippen molar-refractivity contribution in [3.8, 4) is 5.75 Å². The van der Waals surface area contributed by atoms with Gasteiger partial charge in [-0.15, -0.1) is 0 Å². The Kier molecular flexibility index (Phi) is 8.35. The van der Waals surface area contributed by atoms with Crippen molar-refractivity contribution >= 4 is 44.6 Å². The van der Waals surface area contributed by atoms with Crippen molar-refractivity contribution in [2.75, 3.05) is 54.0 Å². The molecule has 1 fully saturated rings. The predicted molar refractivity (Wildman–Crippen MR) is 142 cm³/mol. The highest BCUT2D eigenvalue weighted by Gasteiger charge is 2.29. The first-order chi connectivity index (χ1) is 17.4. The number of anilines is 3. The molecule has 1 saturated heterocycles. The summed E-state index contributed by atoms with van der Waals surface area (Å²) in [5.74, 6) is -0.127. The summed E-state index contributed by atoms with van der Waals surface area (Å²) in [4.78, 5) is 15.3. The molecule has 0 bridgehead atoms. The van der Waals surface area contributed by atoms with Gasteiger partial charge in [-0.25, -0.2) is 8.42 Å². The molecule has 8 nitrogen and oxygen atoms in total. The monoisotopic (exact) mass is 529 g/mol. The van der Waals surface area contributed by atoms with Gasteiger partial charge in [-0.05, 0) is 67.6 Å². The number of carbonyl (C=O) groups excluding carboxylic acids is 1. The van der Waals surface area contributed by atoms with Crippen LogP contribution in [-0.4, -0.2) is 53.8 Å². The lowest BCUT2D eigenvalue weighted by Crippen LogP contribution is -2.38. The number of nitrogens with zero attached hydrogens (tertiary/aromatic N) is 2. The fourth-order valence-electron chi connectivity index (χ4n) is 3.88. The summed E-state index contributed by atoms with van der Waals surface area (Å²) in [5, 5.41) is 3.22. The summed E-state index contributed by atoms with van der Waals surface area (Å²) in [6.07, 6.45) is 0. The third kappa shape index (κ3) is 6.10. The van der Waals surface area contributed by atoms with Crippen LogP contribution in [-0.2, 0) is 19.6 Å². The SMILES string of the molecule is CCOc1ccccc1N(CC(=O)Nc1ccc(N2CCOCC2)cc1)S(=O)(=O)c1ccc(Cl)cc1. The normalized spacial score (nSPS) is 13.8. The number of halogens is 1. The molecule has 4 rings (SSSR count). The topological polar surface area (TPSA) is 88.2 Å². The van der Waals surface area contributed by atoms with Gasteiger partial charge in [-0.2, -0.15) is 0 Å². The number of sulfonamides is 1. The van der Waals surface area contributed by atoms with Crippen LogP contribution in [0.25, 0.3) is 0 Å². The molecule has 0 aromatic heterocycles. The van der Waals surface area contributed by atoms with E-state index in [-0.39, 0.29) is 10.6 Å². The van der Waals surface area contributed by atoms with Crippen LogP contribution < -0.4 is 19.3 Å². The van der Waals surface area contributed by atoms with Crippen molar-refractivity contribution in [3.05, 3.63) is 77.8 Å². The molecule has 3 aromatic rings. The molecule has 36 heavy (non-hydrogen) atoms. The third-order valence-electron chi connectivity index (χ3n) is 5.65. The number of ether oxygens (including phenoxy) is 2. The summed E-state index contributed by atoms with van der Waals surface area (Å²) in [5.41, 5.74) is 1.87. The van der Waals surface area contributed by atoms with Gasteiger partial charge in [0.2, 0.25) is 5.91 Å². The molecule has 0 radical (unpaired) electrons. The number of amides is 1.